The Balaban J connectivity index is 2.63. The van der Waals surface area contributed by atoms with E-state index in [1.54, 1.807) is 11.3 Å². The zero-order valence-electron chi connectivity index (χ0n) is 13.5. The molecule has 0 amide bonds. The molecule has 0 aliphatic carbocycles. The smallest absolute Gasteiger partial charge is 0.0797 e. The molecule has 0 radical (unpaired) electrons. The SMILES string of the molecule is CCC(CC)(CCc1scnc1C)CNC(C)(C)C. The van der Waals surface area contributed by atoms with Gasteiger partial charge in [0, 0.05) is 17.0 Å². The average Bonchev–Trinajstić information content (AvgIpc) is 2.75. The molecule has 0 unspecified atom stereocenters. The van der Waals surface area contributed by atoms with Crippen molar-refractivity contribution in [3.63, 3.8) is 0 Å². The van der Waals surface area contributed by atoms with Crippen LogP contribution in [-0.4, -0.2) is 17.1 Å². The molecule has 0 aromatic carbocycles. The lowest BCUT2D eigenvalue weighted by atomic mass is 9.77. The molecule has 0 aliphatic rings. The maximum Gasteiger partial charge on any atom is 0.0797 e. The van der Waals surface area contributed by atoms with Gasteiger partial charge in [-0.05, 0) is 58.8 Å². The first-order chi connectivity index (χ1) is 8.82. The average molecular weight is 282 g/mol. The van der Waals surface area contributed by atoms with Crippen molar-refractivity contribution in [3.05, 3.63) is 16.1 Å². The summed E-state index contributed by atoms with van der Waals surface area (Å²) in [6, 6.07) is 0. The lowest BCUT2D eigenvalue weighted by molar-refractivity contribution is 0.205. The van der Waals surface area contributed by atoms with E-state index in [0.717, 1.165) is 6.54 Å². The summed E-state index contributed by atoms with van der Waals surface area (Å²) in [6.07, 6.45) is 4.91. The van der Waals surface area contributed by atoms with Gasteiger partial charge >= 0.3 is 0 Å². The molecule has 0 saturated heterocycles. The van der Waals surface area contributed by atoms with Crippen LogP contribution in [0.5, 0.6) is 0 Å². The third-order valence-corrected chi connectivity index (χ3v) is 5.22. The van der Waals surface area contributed by atoms with Crippen LogP contribution >= 0.6 is 11.3 Å². The second-order valence-corrected chi connectivity index (χ2v) is 7.61. The molecule has 0 bridgehead atoms. The van der Waals surface area contributed by atoms with E-state index >= 15 is 0 Å². The summed E-state index contributed by atoms with van der Waals surface area (Å²) in [7, 11) is 0. The molecule has 1 aromatic rings. The minimum Gasteiger partial charge on any atom is -0.312 e. The molecule has 0 saturated carbocycles. The first-order valence-corrected chi connectivity index (χ1v) is 8.34. The number of aryl methyl sites for hydroxylation is 2. The highest BCUT2D eigenvalue weighted by molar-refractivity contribution is 7.09. The van der Waals surface area contributed by atoms with E-state index in [2.05, 4.69) is 51.8 Å². The van der Waals surface area contributed by atoms with E-state index < -0.39 is 0 Å². The highest BCUT2D eigenvalue weighted by Crippen LogP contribution is 2.33. The van der Waals surface area contributed by atoms with Crippen LogP contribution < -0.4 is 5.32 Å². The zero-order chi connectivity index (χ0) is 14.5. The number of nitrogens with zero attached hydrogens (tertiary/aromatic N) is 1. The van der Waals surface area contributed by atoms with Crippen molar-refractivity contribution in [1.29, 1.82) is 0 Å². The third kappa shape index (κ3) is 5.23. The van der Waals surface area contributed by atoms with Crippen LogP contribution in [-0.2, 0) is 6.42 Å². The largest absolute Gasteiger partial charge is 0.312 e. The molecule has 1 N–H and O–H groups in total. The molecule has 1 heterocycles. The van der Waals surface area contributed by atoms with Crippen LogP contribution in [0.1, 0.15) is 64.5 Å². The number of aromatic nitrogens is 1. The van der Waals surface area contributed by atoms with Gasteiger partial charge in [-0.3, -0.25) is 0 Å². The van der Waals surface area contributed by atoms with Crippen LogP contribution in [0, 0.1) is 12.3 Å². The summed E-state index contributed by atoms with van der Waals surface area (Å²) < 4.78 is 0. The van der Waals surface area contributed by atoms with Gasteiger partial charge < -0.3 is 5.32 Å². The van der Waals surface area contributed by atoms with Gasteiger partial charge in [-0.2, -0.15) is 0 Å². The second kappa shape index (κ2) is 6.85. The van der Waals surface area contributed by atoms with E-state index in [1.807, 2.05) is 5.51 Å². The van der Waals surface area contributed by atoms with Crippen molar-refractivity contribution in [2.24, 2.45) is 5.41 Å². The lowest BCUT2D eigenvalue weighted by Crippen LogP contribution is -2.43. The summed E-state index contributed by atoms with van der Waals surface area (Å²) >= 11 is 1.80. The van der Waals surface area contributed by atoms with Gasteiger partial charge in [-0.15, -0.1) is 11.3 Å². The van der Waals surface area contributed by atoms with Gasteiger partial charge in [0.2, 0.25) is 0 Å². The van der Waals surface area contributed by atoms with Gasteiger partial charge in [0.25, 0.3) is 0 Å². The fourth-order valence-electron chi connectivity index (χ4n) is 2.34. The summed E-state index contributed by atoms with van der Waals surface area (Å²) in [4.78, 5) is 5.82. The number of thiazole rings is 1. The quantitative estimate of drug-likeness (QED) is 0.792. The van der Waals surface area contributed by atoms with E-state index in [-0.39, 0.29) is 5.54 Å². The van der Waals surface area contributed by atoms with Crippen LogP contribution in [0.15, 0.2) is 5.51 Å². The molecule has 0 fully saturated rings. The predicted octanol–water partition coefficient (Wildman–Crippen LogP) is 4.58. The van der Waals surface area contributed by atoms with E-state index in [1.165, 1.54) is 36.3 Å². The summed E-state index contributed by atoms with van der Waals surface area (Å²) in [6.45, 7) is 14.6. The van der Waals surface area contributed by atoms with Crippen molar-refractivity contribution in [3.8, 4) is 0 Å². The van der Waals surface area contributed by atoms with Crippen LogP contribution in [0.2, 0.25) is 0 Å². The first-order valence-electron chi connectivity index (χ1n) is 7.46. The Labute approximate surface area is 123 Å². The predicted molar refractivity (Wildman–Crippen MR) is 85.9 cm³/mol. The van der Waals surface area contributed by atoms with Gasteiger partial charge in [-0.25, -0.2) is 4.98 Å². The molecule has 19 heavy (non-hydrogen) atoms. The number of hydrogen-bond acceptors (Lipinski definition) is 3. The molecule has 0 spiro atoms. The monoisotopic (exact) mass is 282 g/mol. The minimum absolute atomic E-state index is 0.204. The Kier molecular flexibility index (Phi) is 6.00. The molecular weight excluding hydrogens is 252 g/mol. The lowest BCUT2D eigenvalue weighted by Gasteiger charge is -2.35. The first kappa shape index (κ1) is 16.6. The maximum atomic E-state index is 4.36. The number of hydrogen-bond donors (Lipinski definition) is 1. The fraction of sp³-hybridized carbons (Fsp3) is 0.812. The van der Waals surface area contributed by atoms with Crippen molar-refractivity contribution >= 4 is 11.3 Å². The van der Waals surface area contributed by atoms with E-state index in [9.17, 15) is 0 Å². The molecule has 3 heteroatoms. The fourth-order valence-corrected chi connectivity index (χ4v) is 3.12. The molecule has 1 aromatic heterocycles. The Bertz CT molecular complexity index is 372. The summed E-state index contributed by atoms with van der Waals surface area (Å²) in [5.74, 6) is 0. The maximum absolute atomic E-state index is 4.36. The molecule has 2 nitrogen and oxygen atoms in total. The van der Waals surface area contributed by atoms with Gasteiger partial charge in [0.1, 0.15) is 0 Å². The van der Waals surface area contributed by atoms with Gasteiger partial charge in [0.05, 0.1) is 11.2 Å². The van der Waals surface area contributed by atoms with Crippen LogP contribution in [0.3, 0.4) is 0 Å². The van der Waals surface area contributed by atoms with E-state index in [4.69, 9.17) is 0 Å². The highest BCUT2D eigenvalue weighted by Gasteiger charge is 2.27. The summed E-state index contributed by atoms with van der Waals surface area (Å²) in [5, 5.41) is 3.70. The van der Waals surface area contributed by atoms with Crippen LogP contribution in [0.25, 0.3) is 0 Å². The highest BCUT2D eigenvalue weighted by atomic mass is 32.1. The molecular formula is C16H30N2S. The zero-order valence-corrected chi connectivity index (χ0v) is 14.3. The Morgan fingerprint density at radius 3 is 2.26 bits per heavy atom. The molecule has 0 atom stereocenters. The van der Waals surface area contributed by atoms with Crippen molar-refractivity contribution in [1.82, 2.24) is 10.3 Å². The van der Waals surface area contributed by atoms with Crippen molar-refractivity contribution in [2.75, 3.05) is 6.54 Å². The van der Waals surface area contributed by atoms with Gasteiger partial charge in [0.15, 0.2) is 0 Å². The Morgan fingerprint density at radius 2 is 1.84 bits per heavy atom. The second-order valence-electron chi connectivity index (χ2n) is 6.67. The van der Waals surface area contributed by atoms with Gasteiger partial charge in [-0.1, -0.05) is 13.8 Å². The van der Waals surface area contributed by atoms with Crippen molar-refractivity contribution < 1.29 is 0 Å². The standard InChI is InChI=1S/C16H30N2S/c1-7-16(8-2,11-18-15(4,5)6)10-9-14-13(3)17-12-19-14/h12,18H,7-11H2,1-6H3. The third-order valence-electron chi connectivity index (χ3n) is 4.22. The number of rotatable bonds is 7. The topological polar surface area (TPSA) is 24.9 Å². The molecule has 1 rings (SSSR count). The molecule has 0 aliphatic heterocycles. The number of nitrogens with one attached hydrogen (secondary N) is 1. The molecule has 110 valence electrons. The van der Waals surface area contributed by atoms with Crippen LogP contribution in [0.4, 0.5) is 0 Å². The Hall–Kier alpha value is -0.410. The Morgan fingerprint density at radius 1 is 1.21 bits per heavy atom. The van der Waals surface area contributed by atoms with Crippen molar-refractivity contribution in [2.45, 2.75) is 72.8 Å². The summed E-state index contributed by atoms with van der Waals surface area (Å²) in [5.41, 5.74) is 3.81. The minimum atomic E-state index is 0.204. The van der Waals surface area contributed by atoms with E-state index in [0.29, 0.717) is 5.41 Å². The normalized spacial score (nSPS) is 12.9.